The molecule has 1 atom stereocenters. The normalized spacial score (nSPS) is 17.6. The van der Waals surface area contributed by atoms with E-state index in [4.69, 9.17) is 11.6 Å². The molecule has 1 aliphatic carbocycles. The second-order valence-electron chi connectivity index (χ2n) is 7.02. The second-order valence-corrected chi connectivity index (χ2v) is 7.42. The van der Waals surface area contributed by atoms with Crippen LogP contribution in [0.1, 0.15) is 51.0 Å². The van der Waals surface area contributed by atoms with E-state index < -0.39 is 5.60 Å². The molecular weight excluding hydrogens is 340 g/mol. The fraction of sp³-hybridized carbons (Fsp3) is 0.579. The van der Waals surface area contributed by atoms with E-state index in [9.17, 15) is 14.7 Å². The Hall–Kier alpha value is -1.59. The fourth-order valence-corrected chi connectivity index (χ4v) is 3.57. The van der Waals surface area contributed by atoms with Crippen molar-refractivity contribution in [2.75, 3.05) is 13.1 Å². The molecule has 2 amide bonds. The van der Waals surface area contributed by atoms with Crippen molar-refractivity contribution in [3.63, 3.8) is 0 Å². The van der Waals surface area contributed by atoms with Gasteiger partial charge in [-0.15, -0.1) is 0 Å². The van der Waals surface area contributed by atoms with Gasteiger partial charge in [0.25, 0.3) is 0 Å². The van der Waals surface area contributed by atoms with E-state index in [1.54, 1.807) is 31.2 Å². The number of hydrogen-bond donors (Lipinski definition) is 3. The third kappa shape index (κ3) is 6.33. The molecule has 2 rings (SSSR count). The molecule has 3 N–H and O–H groups in total. The number of carbonyl (C=O) groups is 2. The molecular formula is C19H27ClN2O3. The van der Waals surface area contributed by atoms with Gasteiger partial charge in [-0.25, -0.2) is 0 Å². The Morgan fingerprint density at radius 2 is 1.84 bits per heavy atom. The van der Waals surface area contributed by atoms with E-state index in [1.165, 1.54) is 19.3 Å². The molecule has 0 unspecified atom stereocenters. The van der Waals surface area contributed by atoms with Crippen LogP contribution in [0.3, 0.4) is 0 Å². The quantitative estimate of drug-likeness (QED) is 0.694. The molecule has 0 aromatic heterocycles. The Morgan fingerprint density at radius 1 is 1.16 bits per heavy atom. The van der Waals surface area contributed by atoms with Gasteiger partial charge < -0.3 is 15.7 Å². The van der Waals surface area contributed by atoms with Crippen molar-refractivity contribution in [2.45, 2.75) is 51.0 Å². The Kier molecular flexibility index (Phi) is 7.26. The fourth-order valence-electron chi connectivity index (χ4n) is 3.23. The van der Waals surface area contributed by atoms with E-state index in [1.807, 2.05) is 0 Å². The zero-order chi connectivity index (χ0) is 18.3. The molecule has 0 spiro atoms. The number of benzene rings is 1. The molecule has 138 valence electrons. The third-order valence-electron chi connectivity index (χ3n) is 4.73. The van der Waals surface area contributed by atoms with Gasteiger partial charge >= 0.3 is 0 Å². The van der Waals surface area contributed by atoms with E-state index in [2.05, 4.69) is 10.6 Å². The minimum absolute atomic E-state index is 0.0219. The molecule has 1 saturated carbocycles. The molecule has 6 heteroatoms. The van der Waals surface area contributed by atoms with Gasteiger partial charge in [-0.2, -0.15) is 0 Å². The molecule has 0 radical (unpaired) electrons. The predicted molar refractivity (Wildman–Crippen MR) is 98.2 cm³/mol. The highest BCUT2D eigenvalue weighted by Crippen LogP contribution is 2.27. The van der Waals surface area contributed by atoms with Crippen molar-refractivity contribution >= 4 is 23.4 Å². The van der Waals surface area contributed by atoms with Gasteiger partial charge in [-0.1, -0.05) is 49.1 Å². The van der Waals surface area contributed by atoms with Crippen molar-refractivity contribution in [1.29, 1.82) is 0 Å². The molecule has 1 aliphatic rings. The van der Waals surface area contributed by atoms with Crippen LogP contribution in [0.4, 0.5) is 0 Å². The summed E-state index contributed by atoms with van der Waals surface area (Å²) in [4.78, 5) is 23.9. The van der Waals surface area contributed by atoms with E-state index in [0.717, 1.165) is 12.8 Å². The Bertz CT molecular complexity index is 598. The van der Waals surface area contributed by atoms with Crippen molar-refractivity contribution in [2.24, 2.45) is 5.92 Å². The number of nitrogens with one attached hydrogen (secondary N) is 2. The number of amides is 2. The molecule has 0 heterocycles. The van der Waals surface area contributed by atoms with Gasteiger partial charge in [0, 0.05) is 17.0 Å². The van der Waals surface area contributed by atoms with Crippen LogP contribution in [-0.4, -0.2) is 30.0 Å². The zero-order valence-electron chi connectivity index (χ0n) is 14.7. The molecule has 25 heavy (non-hydrogen) atoms. The third-order valence-corrected chi connectivity index (χ3v) is 5.06. The minimum Gasteiger partial charge on any atom is -0.384 e. The highest BCUT2D eigenvalue weighted by atomic mass is 35.5. The number of hydrogen-bond acceptors (Lipinski definition) is 3. The molecule has 1 fully saturated rings. The molecule has 1 aromatic rings. The second kappa shape index (κ2) is 9.20. The first-order chi connectivity index (χ1) is 11.9. The summed E-state index contributed by atoms with van der Waals surface area (Å²) in [6.45, 7) is 1.54. The van der Waals surface area contributed by atoms with E-state index in [-0.39, 0.29) is 24.9 Å². The summed E-state index contributed by atoms with van der Waals surface area (Å²) in [5.41, 5.74) is -0.724. The first kappa shape index (κ1) is 19.7. The lowest BCUT2D eigenvalue weighted by Gasteiger charge is -2.25. The lowest BCUT2D eigenvalue weighted by atomic mass is 9.87. The predicted octanol–water partition coefficient (Wildman–Crippen LogP) is 2.75. The zero-order valence-corrected chi connectivity index (χ0v) is 15.4. The molecule has 0 saturated heterocycles. The van der Waals surface area contributed by atoms with Crippen LogP contribution in [0.15, 0.2) is 24.3 Å². The maximum Gasteiger partial charge on any atom is 0.239 e. The van der Waals surface area contributed by atoms with Crippen molar-refractivity contribution in [3.05, 3.63) is 34.9 Å². The Morgan fingerprint density at radius 3 is 2.52 bits per heavy atom. The SMILES string of the molecule is C[C@@](O)(CNC(=O)CNC(=O)CC1CCCCC1)c1ccccc1Cl. The average Bonchev–Trinajstić information content (AvgIpc) is 2.59. The Labute approximate surface area is 154 Å². The van der Waals surface area contributed by atoms with Crippen molar-refractivity contribution in [1.82, 2.24) is 10.6 Å². The van der Waals surface area contributed by atoms with Crippen LogP contribution in [-0.2, 0) is 15.2 Å². The molecule has 5 nitrogen and oxygen atoms in total. The minimum atomic E-state index is -1.28. The number of rotatable bonds is 7. The van der Waals surface area contributed by atoms with Crippen LogP contribution >= 0.6 is 11.6 Å². The topological polar surface area (TPSA) is 78.4 Å². The summed E-state index contributed by atoms with van der Waals surface area (Å²) in [6.07, 6.45) is 6.32. The Balaban J connectivity index is 1.72. The van der Waals surface area contributed by atoms with Gasteiger partial charge in [-0.05, 0) is 31.7 Å². The van der Waals surface area contributed by atoms with Crippen molar-refractivity contribution < 1.29 is 14.7 Å². The summed E-state index contributed by atoms with van der Waals surface area (Å²) < 4.78 is 0. The van der Waals surface area contributed by atoms with E-state index >= 15 is 0 Å². The van der Waals surface area contributed by atoms with Gasteiger partial charge in [0.15, 0.2) is 0 Å². The number of aliphatic hydroxyl groups is 1. The van der Waals surface area contributed by atoms with Crippen LogP contribution in [0.25, 0.3) is 0 Å². The smallest absolute Gasteiger partial charge is 0.239 e. The highest BCUT2D eigenvalue weighted by molar-refractivity contribution is 6.31. The van der Waals surface area contributed by atoms with Gasteiger partial charge in [0.1, 0.15) is 5.60 Å². The van der Waals surface area contributed by atoms with E-state index in [0.29, 0.717) is 22.9 Å². The summed E-state index contributed by atoms with van der Waals surface area (Å²) in [5.74, 6) is 0.0296. The number of halogens is 1. The first-order valence-electron chi connectivity index (χ1n) is 8.89. The summed E-state index contributed by atoms with van der Waals surface area (Å²) in [6, 6.07) is 6.98. The van der Waals surface area contributed by atoms with Crippen molar-refractivity contribution in [3.8, 4) is 0 Å². The first-order valence-corrected chi connectivity index (χ1v) is 9.27. The highest BCUT2D eigenvalue weighted by Gasteiger charge is 2.26. The lowest BCUT2D eigenvalue weighted by molar-refractivity contribution is -0.127. The monoisotopic (exact) mass is 366 g/mol. The number of carbonyl (C=O) groups excluding carboxylic acids is 2. The molecule has 0 bridgehead atoms. The summed E-state index contributed by atoms with van der Waals surface area (Å²) in [7, 11) is 0. The maximum atomic E-state index is 11.9. The lowest BCUT2D eigenvalue weighted by Crippen LogP contribution is -2.43. The van der Waals surface area contributed by atoms with Gasteiger partial charge in [0.2, 0.25) is 11.8 Å². The summed E-state index contributed by atoms with van der Waals surface area (Å²) >= 11 is 6.09. The molecule has 0 aliphatic heterocycles. The standard InChI is InChI=1S/C19H27ClN2O3/c1-19(25,15-9-5-6-10-16(15)20)13-22-18(24)12-21-17(23)11-14-7-3-2-4-8-14/h5-6,9-10,14,25H,2-4,7-8,11-13H2,1H3,(H,21,23)(H,22,24)/t19-/m1/s1. The van der Waals surface area contributed by atoms with Gasteiger partial charge in [0.05, 0.1) is 13.1 Å². The van der Waals surface area contributed by atoms with Crippen LogP contribution in [0.2, 0.25) is 5.02 Å². The largest absolute Gasteiger partial charge is 0.384 e. The average molecular weight is 367 g/mol. The van der Waals surface area contributed by atoms with Gasteiger partial charge in [-0.3, -0.25) is 9.59 Å². The van der Waals surface area contributed by atoms with Crippen LogP contribution in [0, 0.1) is 5.92 Å². The van der Waals surface area contributed by atoms with Crippen LogP contribution in [0.5, 0.6) is 0 Å². The molecule has 1 aromatic carbocycles. The summed E-state index contributed by atoms with van der Waals surface area (Å²) in [5, 5.41) is 16.3. The van der Waals surface area contributed by atoms with Crippen LogP contribution < -0.4 is 10.6 Å². The maximum absolute atomic E-state index is 11.9.